The van der Waals surface area contributed by atoms with Crippen molar-refractivity contribution in [3.8, 4) is 0 Å². The van der Waals surface area contributed by atoms with E-state index in [0.29, 0.717) is 29.6 Å². The van der Waals surface area contributed by atoms with Gasteiger partial charge in [-0.1, -0.05) is 211 Å². The second-order valence-corrected chi connectivity index (χ2v) is 18.3. The lowest BCUT2D eigenvalue weighted by Gasteiger charge is -2.11. The highest BCUT2D eigenvalue weighted by Crippen LogP contribution is 2.40. The van der Waals surface area contributed by atoms with E-state index in [1.54, 1.807) is 32.9 Å². The van der Waals surface area contributed by atoms with Crippen molar-refractivity contribution in [2.75, 3.05) is 0 Å². The molecular weight excluding hydrogens is 715 g/mol. The molecule has 3 aromatic carbocycles. The van der Waals surface area contributed by atoms with E-state index in [0.717, 1.165) is 17.4 Å². The monoisotopic (exact) mass is 806 g/mol. The van der Waals surface area contributed by atoms with Crippen LogP contribution in [0.15, 0.2) is 118 Å². The first-order valence-corrected chi connectivity index (χ1v) is 21.3. The van der Waals surface area contributed by atoms with E-state index in [2.05, 4.69) is 170 Å². The van der Waals surface area contributed by atoms with Gasteiger partial charge in [0.1, 0.15) is 0 Å². The Morgan fingerprint density at radius 2 is 0.695 bits per heavy atom. The van der Waals surface area contributed by atoms with E-state index in [-0.39, 0.29) is 41.3 Å². The standard InChI is InChI=1S/C16H20.C14H20.C12H18.C11H17NO.4CH4/c1-11(2)13-5-7-16-10-14(12(3)4)6-8-15(16)9-13;1-9(2)11-5-13-7-12(10(3)4)8-14(13)6-11;1-9(2)11-5-7-12(8-6-11)10(3)4;1-8(2)10-5-6-12(9(3)4)11(13)7-10;;;;/h5-12H,1-4H3;5,8-10H,6-7H2,1-4H3;5-10H,1-4H3;5-9H,1-4H3;4*1H4. The number of nitrogens with zero attached hydrogens (tertiary/aromatic N) is 1. The summed E-state index contributed by atoms with van der Waals surface area (Å²) in [6, 6.07) is 26.5. The Morgan fingerprint density at radius 3 is 0.966 bits per heavy atom. The first-order chi connectivity index (χ1) is 25.8. The van der Waals surface area contributed by atoms with E-state index < -0.39 is 0 Å². The fourth-order valence-corrected chi connectivity index (χ4v) is 6.80. The van der Waals surface area contributed by atoms with Crippen LogP contribution in [0.3, 0.4) is 0 Å². The van der Waals surface area contributed by atoms with Crippen LogP contribution in [0, 0.1) is 11.8 Å². The van der Waals surface area contributed by atoms with Crippen LogP contribution in [0.2, 0.25) is 0 Å². The van der Waals surface area contributed by atoms with Crippen molar-refractivity contribution in [3.05, 3.63) is 152 Å². The Kier molecular flexibility index (Phi) is 25.5. The van der Waals surface area contributed by atoms with Crippen LogP contribution >= 0.6 is 0 Å². The highest BCUT2D eigenvalue weighted by Gasteiger charge is 2.23. The highest BCUT2D eigenvalue weighted by molar-refractivity contribution is 5.84. The molecule has 0 saturated heterocycles. The molecule has 4 aromatic rings. The third-order valence-corrected chi connectivity index (χ3v) is 11.1. The number of hydrogen-bond acceptors (Lipinski definition) is 1. The van der Waals surface area contributed by atoms with Gasteiger partial charge in [-0.05, 0) is 124 Å². The highest BCUT2D eigenvalue weighted by atomic mass is 16.1. The lowest BCUT2D eigenvalue weighted by atomic mass is 9.96. The maximum absolute atomic E-state index is 11.5. The zero-order chi connectivity index (χ0) is 41.1. The van der Waals surface area contributed by atoms with Crippen molar-refractivity contribution < 1.29 is 0 Å². The third kappa shape index (κ3) is 16.9. The van der Waals surface area contributed by atoms with Crippen molar-refractivity contribution in [1.29, 1.82) is 0 Å². The average molecular weight is 806 g/mol. The van der Waals surface area contributed by atoms with Gasteiger partial charge >= 0.3 is 0 Å². The number of allylic oxidation sites excluding steroid dienone is 6. The summed E-state index contributed by atoms with van der Waals surface area (Å²) >= 11 is 0. The van der Waals surface area contributed by atoms with Gasteiger partial charge in [-0.3, -0.25) is 4.79 Å². The Balaban J connectivity index is 0. The predicted octanol–water partition coefficient (Wildman–Crippen LogP) is 18.4. The molecule has 6 rings (SSSR count). The minimum absolute atomic E-state index is 0. The molecule has 0 radical (unpaired) electrons. The van der Waals surface area contributed by atoms with Gasteiger partial charge in [0, 0.05) is 18.3 Å². The molecule has 2 aliphatic carbocycles. The predicted molar refractivity (Wildman–Crippen MR) is 271 cm³/mol. The quantitative estimate of drug-likeness (QED) is 0.174. The minimum atomic E-state index is 0. The van der Waals surface area contributed by atoms with E-state index in [1.165, 1.54) is 45.9 Å². The van der Waals surface area contributed by atoms with Crippen molar-refractivity contribution in [1.82, 2.24) is 4.57 Å². The Hall–Kier alpha value is -3.91. The lowest BCUT2D eigenvalue weighted by molar-refractivity contribution is 0.575. The molecule has 0 bridgehead atoms. The largest absolute Gasteiger partial charge is 0.313 e. The van der Waals surface area contributed by atoms with Gasteiger partial charge in [0.2, 0.25) is 0 Å². The lowest BCUT2D eigenvalue weighted by Crippen LogP contribution is -2.20. The summed E-state index contributed by atoms with van der Waals surface area (Å²) in [4.78, 5) is 11.5. The molecular formula is C57H91NO. The van der Waals surface area contributed by atoms with Gasteiger partial charge < -0.3 is 4.57 Å². The molecule has 2 heteroatoms. The Morgan fingerprint density at radius 1 is 0.390 bits per heavy atom. The van der Waals surface area contributed by atoms with Crippen LogP contribution in [0.25, 0.3) is 10.8 Å². The van der Waals surface area contributed by atoms with Gasteiger partial charge in [-0.25, -0.2) is 0 Å². The molecule has 2 nitrogen and oxygen atoms in total. The molecule has 0 unspecified atom stereocenters. The second-order valence-electron chi connectivity index (χ2n) is 18.3. The zero-order valence-electron chi connectivity index (χ0n) is 37.5. The van der Waals surface area contributed by atoms with Crippen LogP contribution in [-0.4, -0.2) is 4.57 Å². The van der Waals surface area contributed by atoms with Crippen molar-refractivity contribution in [2.24, 2.45) is 11.8 Å². The topological polar surface area (TPSA) is 22.0 Å². The number of benzene rings is 3. The molecule has 1 aromatic heterocycles. The normalized spacial score (nSPS) is 12.8. The molecule has 0 aliphatic heterocycles. The van der Waals surface area contributed by atoms with Crippen LogP contribution in [0.5, 0.6) is 0 Å². The molecule has 0 fully saturated rings. The minimum Gasteiger partial charge on any atom is -0.313 e. The molecule has 330 valence electrons. The molecule has 1 heterocycles. The van der Waals surface area contributed by atoms with Gasteiger partial charge in [-0.15, -0.1) is 0 Å². The molecule has 59 heavy (non-hydrogen) atoms. The number of pyridine rings is 1. The van der Waals surface area contributed by atoms with Gasteiger partial charge in [0.05, 0.1) is 0 Å². The van der Waals surface area contributed by atoms with E-state index >= 15 is 0 Å². The molecule has 0 saturated carbocycles. The molecule has 0 N–H and O–H groups in total. The second kappa shape index (κ2) is 26.3. The van der Waals surface area contributed by atoms with Gasteiger partial charge in [0.25, 0.3) is 5.56 Å². The SMILES string of the molecule is C.C.C.C.CC(C)C1=CC2=C(C=C(C(C)C)C2)C1.CC(C)c1ccc(C(C)C)cc1.CC(C)c1ccc2cc(C(C)C)ccc2c1.CC(C)c1ccn(C(C)C)c(=O)c1. The van der Waals surface area contributed by atoms with E-state index in [9.17, 15) is 4.79 Å². The van der Waals surface area contributed by atoms with Gasteiger partial charge in [0.15, 0.2) is 0 Å². The summed E-state index contributed by atoms with van der Waals surface area (Å²) in [5.41, 5.74) is 13.3. The van der Waals surface area contributed by atoms with Crippen molar-refractivity contribution >= 4 is 10.8 Å². The maximum atomic E-state index is 11.5. The fraction of sp³-hybridized carbons (Fsp3) is 0.526. The van der Waals surface area contributed by atoms with Crippen molar-refractivity contribution in [3.63, 3.8) is 0 Å². The fourth-order valence-electron chi connectivity index (χ4n) is 6.80. The van der Waals surface area contributed by atoms with E-state index in [1.807, 2.05) is 26.1 Å². The van der Waals surface area contributed by atoms with Gasteiger partial charge in [-0.2, -0.15) is 0 Å². The molecule has 2 aliphatic rings. The Bertz CT molecular complexity index is 1860. The summed E-state index contributed by atoms with van der Waals surface area (Å²) in [5.74, 6) is 4.36. The van der Waals surface area contributed by atoms with Crippen LogP contribution in [-0.2, 0) is 0 Å². The number of hydrogen-bond donors (Lipinski definition) is 0. The first-order valence-electron chi connectivity index (χ1n) is 21.3. The summed E-state index contributed by atoms with van der Waals surface area (Å²) in [6.07, 6.45) is 9.17. The molecule has 0 amide bonds. The smallest absolute Gasteiger partial charge is 0.251 e. The zero-order valence-corrected chi connectivity index (χ0v) is 37.5. The summed E-state index contributed by atoms with van der Waals surface area (Å²) in [5, 5.41) is 2.71. The number of aromatic nitrogens is 1. The Labute approximate surface area is 366 Å². The first kappa shape index (κ1) is 57.2. The summed E-state index contributed by atoms with van der Waals surface area (Å²) in [7, 11) is 0. The van der Waals surface area contributed by atoms with Crippen LogP contribution in [0.1, 0.15) is 217 Å². The van der Waals surface area contributed by atoms with Crippen molar-refractivity contribution in [2.45, 2.75) is 189 Å². The summed E-state index contributed by atoms with van der Waals surface area (Å²) < 4.78 is 1.74. The van der Waals surface area contributed by atoms with Crippen LogP contribution < -0.4 is 5.56 Å². The average Bonchev–Trinajstić information content (AvgIpc) is 3.73. The number of fused-ring (bicyclic) bond motifs is 1. The summed E-state index contributed by atoms with van der Waals surface area (Å²) in [6.45, 7) is 35.2. The maximum Gasteiger partial charge on any atom is 0.251 e. The van der Waals surface area contributed by atoms with Crippen LogP contribution in [0.4, 0.5) is 0 Å². The number of rotatable bonds is 8. The molecule has 0 spiro atoms. The van der Waals surface area contributed by atoms with E-state index in [4.69, 9.17) is 0 Å². The third-order valence-electron chi connectivity index (χ3n) is 11.1. The molecule has 0 atom stereocenters.